The zero-order valence-electron chi connectivity index (χ0n) is 13.6. The third kappa shape index (κ3) is 4.83. The molecule has 1 aromatic carbocycles. The summed E-state index contributed by atoms with van der Waals surface area (Å²) >= 11 is 0. The van der Waals surface area contributed by atoms with Gasteiger partial charge in [0.05, 0.1) is 12.7 Å². The van der Waals surface area contributed by atoms with E-state index in [1.807, 2.05) is 44.2 Å². The summed E-state index contributed by atoms with van der Waals surface area (Å²) in [6, 6.07) is 9.54. The molecule has 3 N–H and O–H groups in total. The molecule has 2 atom stereocenters. The minimum absolute atomic E-state index is 0.0890. The van der Waals surface area contributed by atoms with Crippen molar-refractivity contribution >= 4 is 5.91 Å². The summed E-state index contributed by atoms with van der Waals surface area (Å²) in [7, 11) is 0. The summed E-state index contributed by atoms with van der Waals surface area (Å²) in [5.74, 6) is 0.145. The molecule has 4 nitrogen and oxygen atoms in total. The molecule has 0 saturated heterocycles. The number of nitrogens with one attached hydrogen (secondary N) is 1. The molecule has 21 heavy (non-hydrogen) atoms. The number of primary amides is 1. The van der Waals surface area contributed by atoms with Crippen molar-refractivity contribution in [3.8, 4) is 0 Å². The summed E-state index contributed by atoms with van der Waals surface area (Å²) in [4.78, 5) is 12.1. The number of rotatable bonds is 9. The predicted octanol–water partition coefficient (Wildman–Crippen LogP) is 2.43. The van der Waals surface area contributed by atoms with E-state index in [0.717, 1.165) is 12.0 Å². The van der Waals surface area contributed by atoms with Crippen molar-refractivity contribution in [3.63, 3.8) is 0 Å². The van der Waals surface area contributed by atoms with E-state index in [4.69, 9.17) is 10.5 Å². The number of ether oxygens (including phenoxy) is 1. The molecule has 0 bridgehead atoms. The Hall–Kier alpha value is -1.39. The molecule has 4 heteroatoms. The van der Waals surface area contributed by atoms with Crippen LogP contribution in [0.3, 0.4) is 0 Å². The number of hydrogen-bond donors (Lipinski definition) is 2. The number of carbonyl (C=O) groups excluding carboxylic acids is 1. The summed E-state index contributed by atoms with van der Waals surface area (Å²) in [6.45, 7) is 9.18. The van der Waals surface area contributed by atoms with Crippen molar-refractivity contribution in [2.45, 2.75) is 45.8 Å². The van der Waals surface area contributed by atoms with Crippen LogP contribution in [0.4, 0.5) is 0 Å². The van der Waals surface area contributed by atoms with Gasteiger partial charge in [0.25, 0.3) is 0 Å². The molecular weight excluding hydrogens is 264 g/mol. The average molecular weight is 292 g/mol. The molecule has 0 spiro atoms. The Morgan fingerprint density at radius 2 is 1.90 bits per heavy atom. The van der Waals surface area contributed by atoms with Gasteiger partial charge in [-0.1, -0.05) is 51.1 Å². The fourth-order valence-corrected chi connectivity index (χ4v) is 2.56. The van der Waals surface area contributed by atoms with Crippen LogP contribution in [0.15, 0.2) is 30.3 Å². The molecule has 1 rings (SSSR count). The van der Waals surface area contributed by atoms with E-state index in [1.165, 1.54) is 0 Å². The number of benzene rings is 1. The average Bonchev–Trinajstić information content (AvgIpc) is 2.43. The van der Waals surface area contributed by atoms with Crippen LogP contribution in [-0.4, -0.2) is 25.2 Å². The number of amides is 1. The first-order valence-electron chi connectivity index (χ1n) is 7.64. The normalized spacial score (nSPS) is 15.7. The van der Waals surface area contributed by atoms with Crippen LogP contribution in [0.5, 0.6) is 0 Å². The number of carbonyl (C=O) groups is 1. The van der Waals surface area contributed by atoms with Crippen LogP contribution in [-0.2, 0) is 15.1 Å². The first-order chi connectivity index (χ1) is 9.92. The Labute approximate surface area is 128 Å². The van der Waals surface area contributed by atoms with Gasteiger partial charge in [-0.2, -0.15) is 0 Å². The van der Waals surface area contributed by atoms with Crippen LogP contribution in [0, 0.1) is 5.92 Å². The second-order valence-corrected chi connectivity index (χ2v) is 5.92. The Kier molecular flexibility index (Phi) is 6.85. The number of nitrogens with two attached hydrogens (primary N) is 1. The van der Waals surface area contributed by atoms with Crippen molar-refractivity contribution in [1.82, 2.24) is 5.32 Å². The maximum absolute atomic E-state index is 12.1. The van der Waals surface area contributed by atoms with Crippen LogP contribution in [0.2, 0.25) is 0 Å². The lowest BCUT2D eigenvalue weighted by Crippen LogP contribution is -2.56. The molecule has 2 unspecified atom stereocenters. The summed E-state index contributed by atoms with van der Waals surface area (Å²) in [5, 5.41) is 3.22. The topological polar surface area (TPSA) is 64.3 Å². The van der Waals surface area contributed by atoms with E-state index in [2.05, 4.69) is 19.2 Å². The lowest BCUT2D eigenvalue weighted by Gasteiger charge is -2.33. The Morgan fingerprint density at radius 3 is 2.38 bits per heavy atom. The molecule has 1 aromatic rings. The zero-order chi connectivity index (χ0) is 15.9. The molecule has 0 radical (unpaired) electrons. The number of hydrogen-bond acceptors (Lipinski definition) is 3. The maximum Gasteiger partial charge on any atom is 0.244 e. The minimum atomic E-state index is -0.971. The van der Waals surface area contributed by atoms with Crippen molar-refractivity contribution in [2.24, 2.45) is 11.7 Å². The fraction of sp³-hybridized carbons (Fsp3) is 0.588. The van der Waals surface area contributed by atoms with E-state index in [-0.39, 0.29) is 12.7 Å². The molecule has 0 heterocycles. The molecular formula is C17H28N2O2. The van der Waals surface area contributed by atoms with Gasteiger partial charge in [0.2, 0.25) is 5.91 Å². The minimum Gasteiger partial charge on any atom is -0.376 e. The molecule has 118 valence electrons. The van der Waals surface area contributed by atoms with Crippen LogP contribution in [0.1, 0.15) is 39.7 Å². The monoisotopic (exact) mass is 292 g/mol. The highest BCUT2D eigenvalue weighted by atomic mass is 16.5. The van der Waals surface area contributed by atoms with Gasteiger partial charge < -0.3 is 10.5 Å². The van der Waals surface area contributed by atoms with Gasteiger partial charge in [-0.25, -0.2) is 0 Å². The van der Waals surface area contributed by atoms with Crippen molar-refractivity contribution in [3.05, 3.63) is 35.9 Å². The summed E-state index contributed by atoms with van der Waals surface area (Å²) in [6.07, 6.45) is 1.04. The van der Waals surface area contributed by atoms with E-state index in [9.17, 15) is 4.79 Å². The molecule has 0 saturated carbocycles. The van der Waals surface area contributed by atoms with E-state index < -0.39 is 11.4 Å². The van der Waals surface area contributed by atoms with Gasteiger partial charge in [0.1, 0.15) is 5.54 Å². The lowest BCUT2D eigenvalue weighted by atomic mass is 9.89. The first-order valence-corrected chi connectivity index (χ1v) is 7.64. The number of likely N-dealkylation sites (N-methyl/N-ethyl adjacent to an activating group) is 1. The zero-order valence-corrected chi connectivity index (χ0v) is 13.6. The smallest absolute Gasteiger partial charge is 0.244 e. The maximum atomic E-state index is 12.1. The van der Waals surface area contributed by atoms with Crippen molar-refractivity contribution < 1.29 is 9.53 Å². The van der Waals surface area contributed by atoms with Gasteiger partial charge in [0, 0.05) is 0 Å². The van der Waals surface area contributed by atoms with Crippen LogP contribution >= 0.6 is 0 Å². The predicted molar refractivity (Wildman–Crippen MR) is 85.9 cm³/mol. The van der Waals surface area contributed by atoms with Crippen molar-refractivity contribution in [1.29, 1.82) is 0 Å². The fourth-order valence-electron chi connectivity index (χ4n) is 2.56. The van der Waals surface area contributed by atoms with Gasteiger partial charge in [0.15, 0.2) is 0 Å². The highest BCUT2D eigenvalue weighted by molar-refractivity contribution is 5.86. The Balaban J connectivity index is 2.94. The molecule has 1 amide bonds. The third-order valence-electron chi connectivity index (χ3n) is 3.55. The highest BCUT2D eigenvalue weighted by Crippen LogP contribution is 2.23. The highest BCUT2D eigenvalue weighted by Gasteiger charge is 2.38. The summed E-state index contributed by atoms with van der Waals surface area (Å²) in [5.41, 5.74) is 5.57. The second kappa shape index (κ2) is 8.15. The standard InChI is InChI=1S/C17H28N2O2/c1-5-19-17(16(18)20,15-9-7-6-8-10-15)12-21-14(4)11-13(2)3/h6-10,13-14,19H,5,11-12H2,1-4H3,(H2,18,20). The third-order valence-corrected chi connectivity index (χ3v) is 3.55. The van der Waals surface area contributed by atoms with Gasteiger partial charge in [-0.05, 0) is 31.4 Å². The molecule has 0 aliphatic heterocycles. The molecule has 0 fully saturated rings. The Bertz CT molecular complexity index is 434. The lowest BCUT2D eigenvalue weighted by molar-refractivity contribution is -0.128. The van der Waals surface area contributed by atoms with E-state index in [0.29, 0.717) is 12.5 Å². The van der Waals surface area contributed by atoms with Crippen LogP contribution < -0.4 is 11.1 Å². The van der Waals surface area contributed by atoms with E-state index in [1.54, 1.807) is 0 Å². The molecule has 0 aromatic heterocycles. The van der Waals surface area contributed by atoms with Gasteiger partial charge in [-0.15, -0.1) is 0 Å². The van der Waals surface area contributed by atoms with Gasteiger partial charge in [-0.3, -0.25) is 10.1 Å². The molecule has 0 aliphatic carbocycles. The van der Waals surface area contributed by atoms with Gasteiger partial charge >= 0.3 is 0 Å². The second-order valence-electron chi connectivity index (χ2n) is 5.92. The quantitative estimate of drug-likeness (QED) is 0.734. The first kappa shape index (κ1) is 17.7. The summed E-state index contributed by atoms with van der Waals surface area (Å²) < 4.78 is 5.92. The van der Waals surface area contributed by atoms with Crippen molar-refractivity contribution in [2.75, 3.05) is 13.2 Å². The Morgan fingerprint density at radius 1 is 1.29 bits per heavy atom. The van der Waals surface area contributed by atoms with Crippen LogP contribution in [0.25, 0.3) is 0 Å². The SMILES string of the molecule is CCNC(COC(C)CC(C)C)(C(N)=O)c1ccccc1. The molecule has 0 aliphatic rings. The largest absolute Gasteiger partial charge is 0.376 e. The van der Waals surface area contributed by atoms with E-state index >= 15 is 0 Å².